The lowest BCUT2D eigenvalue weighted by Crippen LogP contribution is -2.46. The van der Waals surface area contributed by atoms with Crippen molar-refractivity contribution in [1.29, 1.82) is 0 Å². The molecule has 1 N–H and O–H groups in total. The van der Waals surface area contributed by atoms with Crippen LogP contribution in [0.25, 0.3) is 0 Å². The van der Waals surface area contributed by atoms with Crippen molar-refractivity contribution in [3.8, 4) is 0 Å². The predicted molar refractivity (Wildman–Crippen MR) is 120 cm³/mol. The van der Waals surface area contributed by atoms with Gasteiger partial charge in [0.25, 0.3) is 0 Å². The third kappa shape index (κ3) is 14.6. The summed E-state index contributed by atoms with van der Waals surface area (Å²) in [5, 5.41) is 8.92. The highest BCUT2D eigenvalue weighted by molar-refractivity contribution is 7.85. The van der Waals surface area contributed by atoms with Gasteiger partial charge in [0.15, 0.2) is 0 Å². The van der Waals surface area contributed by atoms with Gasteiger partial charge in [0.05, 0.1) is 31.6 Å². The molecule has 1 rings (SSSR count). The molecule has 1 unspecified atom stereocenters. The Hall–Kier alpha value is -0.950. The van der Waals surface area contributed by atoms with E-state index in [0.29, 0.717) is 6.61 Å². The average Bonchev–Trinajstić information content (AvgIpc) is 2.66. The number of unbranched alkanes of at least 4 members (excludes halogenated alkanes) is 6. The SMILES string of the molecule is CCCCCC[N+](C)(CCCCC)CCCCO.Cc1ccc(S(=O)(=O)[O-])cc1. The molecular formula is C23H43NO4S. The lowest BCUT2D eigenvalue weighted by atomic mass is 10.1. The number of aliphatic hydroxyl groups excluding tert-OH is 1. The van der Waals surface area contributed by atoms with Gasteiger partial charge in [-0.1, -0.05) is 50.8 Å². The molecule has 0 aliphatic rings. The van der Waals surface area contributed by atoms with E-state index in [9.17, 15) is 13.0 Å². The third-order valence-electron chi connectivity index (χ3n) is 5.27. The fraction of sp³-hybridized carbons (Fsp3) is 0.739. The maximum atomic E-state index is 10.4. The fourth-order valence-corrected chi connectivity index (χ4v) is 3.78. The molecule has 0 saturated heterocycles. The number of aryl methyl sites for hydroxylation is 1. The topological polar surface area (TPSA) is 77.4 Å². The Morgan fingerprint density at radius 1 is 0.828 bits per heavy atom. The standard InChI is InChI=1S/C16H36NO.C7H8O3S/c1-4-6-8-10-14-17(3,13-9-7-5-2)15-11-12-16-18;1-6-2-4-7(5-3-6)11(8,9)10/h18H,4-16H2,1-3H3;2-5H,1H3,(H,8,9,10)/q+1;/p-1. The van der Waals surface area contributed by atoms with Crippen molar-refractivity contribution in [2.45, 2.75) is 83.5 Å². The Labute approximate surface area is 179 Å². The minimum atomic E-state index is -4.27. The van der Waals surface area contributed by atoms with Crippen LogP contribution in [0.2, 0.25) is 0 Å². The molecule has 1 atom stereocenters. The zero-order valence-electron chi connectivity index (χ0n) is 19.0. The molecule has 0 aliphatic heterocycles. The number of quaternary nitrogens is 1. The second-order valence-corrected chi connectivity index (χ2v) is 9.64. The molecule has 0 fully saturated rings. The van der Waals surface area contributed by atoms with Gasteiger partial charge in [0.1, 0.15) is 10.1 Å². The van der Waals surface area contributed by atoms with Gasteiger partial charge in [0.2, 0.25) is 0 Å². The Bertz CT molecular complexity index is 604. The van der Waals surface area contributed by atoms with E-state index in [1.807, 2.05) is 6.92 Å². The van der Waals surface area contributed by atoms with Crippen molar-refractivity contribution < 1.29 is 22.6 Å². The number of hydrogen-bond acceptors (Lipinski definition) is 4. The normalized spacial score (nSPS) is 13.4. The molecule has 0 bridgehead atoms. The molecule has 29 heavy (non-hydrogen) atoms. The van der Waals surface area contributed by atoms with Crippen LogP contribution in [0.3, 0.4) is 0 Å². The third-order valence-corrected chi connectivity index (χ3v) is 6.12. The maximum absolute atomic E-state index is 10.4. The minimum Gasteiger partial charge on any atom is -0.744 e. The quantitative estimate of drug-likeness (QED) is 0.260. The molecule has 0 radical (unpaired) electrons. The molecule has 0 amide bonds. The number of hydrogen-bond donors (Lipinski definition) is 1. The Balaban J connectivity index is 0.000000604. The molecule has 0 heterocycles. The van der Waals surface area contributed by atoms with E-state index in [0.717, 1.165) is 12.0 Å². The van der Waals surface area contributed by atoms with Crippen LogP contribution in [0.15, 0.2) is 29.2 Å². The van der Waals surface area contributed by atoms with Crippen molar-refractivity contribution in [3.05, 3.63) is 29.8 Å². The van der Waals surface area contributed by atoms with Crippen LogP contribution >= 0.6 is 0 Å². The molecule has 1 aromatic rings. The molecule has 1 aromatic carbocycles. The summed E-state index contributed by atoms with van der Waals surface area (Å²) >= 11 is 0. The first kappa shape index (κ1) is 28.1. The van der Waals surface area contributed by atoms with Crippen LogP contribution in [0.1, 0.15) is 77.2 Å². The summed E-state index contributed by atoms with van der Waals surface area (Å²) < 4.78 is 32.4. The van der Waals surface area contributed by atoms with Gasteiger partial charge in [-0.05, 0) is 57.6 Å². The number of aliphatic hydroxyl groups is 1. The summed E-state index contributed by atoms with van der Waals surface area (Å²) in [7, 11) is -1.85. The van der Waals surface area contributed by atoms with Crippen LogP contribution in [0.5, 0.6) is 0 Å². The van der Waals surface area contributed by atoms with Crippen molar-refractivity contribution >= 4 is 10.1 Å². The molecule has 0 spiro atoms. The predicted octanol–water partition coefficient (Wildman–Crippen LogP) is 4.88. The van der Waals surface area contributed by atoms with Gasteiger partial charge in [-0.3, -0.25) is 0 Å². The van der Waals surface area contributed by atoms with E-state index in [2.05, 4.69) is 20.9 Å². The van der Waals surface area contributed by atoms with Gasteiger partial charge in [0, 0.05) is 6.61 Å². The van der Waals surface area contributed by atoms with Crippen molar-refractivity contribution in [2.24, 2.45) is 0 Å². The first-order chi connectivity index (χ1) is 13.7. The number of benzene rings is 1. The smallest absolute Gasteiger partial charge is 0.124 e. The molecule has 5 nitrogen and oxygen atoms in total. The molecule has 0 aliphatic carbocycles. The highest BCUT2D eigenvalue weighted by atomic mass is 32.2. The largest absolute Gasteiger partial charge is 0.744 e. The van der Waals surface area contributed by atoms with E-state index < -0.39 is 10.1 Å². The van der Waals surface area contributed by atoms with Gasteiger partial charge >= 0.3 is 0 Å². The summed E-state index contributed by atoms with van der Waals surface area (Å²) in [6.45, 7) is 10.6. The van der Waals surface area contributed by atoms with Crippen molar-refractivity contribution in [1.82, 2.24) is 0 Å². The summed E-state index contributed by atoms with van der Waals surface area (Å²) in [5.41, 5.74) is 0.928. The monoisotopic (exact) mass is 429 g/mol. The van der Waals surface area contributed by atoms with E-state index in [-0.39, 0.29) is 4.90 Å². The van der Waals surface area contributed by atoms with Crippen LogP contribution in [-0.4, -0.2) is 55.8 Å². The van der Waals surface area contributed by atoms with Gasteiger partial charge in [-0.2, -0.15) is 0 Å². The van der Waals surface area contributed by atoms with Crippen LogP contribution in [0, 0.1) is 6.92 Å². The van der Waals surface area contributed by atoms with E-state index in [1.165, 1.54) is 87.6 Å². The molecule has 170 valence electrons. The van der Waals surface area contributed by atoms with Crippen LogP contribution < -0.4 is 0 Å². The van der Waals surface area contributed by atoms with Crippen molar-refractivity contribution in [3.63, 3.8) is 0 Å². The van der Waals surface area contributed by atoms with Gasteiger partial charge < -0.3 is 14.1 Å². The van der Waals surface area contributed by atoms with Gasteiger partial charge in [-0.25, -0.2) is 8.42 Å². The number of rotatable bonds is 14. The average molecular weight is 430 g/mol. The molecular weight excluding hydrogens is 386 g/mol. The highest BCUT2D eigenvalue weighted by Crippen LogP contribution is 2.13. The van der Waals surface area contributed by atoms with Gasteiger partial charge in [-0.15, -0.1) is 0 Å². The highest BCUT2D eigenvalue weighted by Gasteiger charge is 2.19. The minimum absolute atomic E-state index is 0.178. The second kappa shape index (κ2) is 15.8. The number of nitrogens with zero attached hydrogens (tertiary/aromatic N) is 1. The Morgan fingerprint density at radius 2 is 1.28 bits per heavy atom. The Kier molecular flexibility index (Phi) is 15.3. The first-order valence-corrected chi connectivity index (χ1v) is 12.6. The second-order valence-electron chi connectivity index (χ2n) is 8.26. The summed E-state index contributed by atoms with van der Waals surface area (Å²) in [6, 6.07) is 5.78. The molecule has 6 heteroatoms. The summed E-state index contributed by atoms with van der Waals surface area (Å²) in [5.74, 6) is 0. The first-order valence-electron chi connectivity index (χ1n) is 11.2. The zero-order chi connectivity index (χ0) is 22.2. The van der Waals surface area contributed by atoms with E-state index in [4.69, 9.17) is 5.11 Å². The lowest BCUT2D eigenvalue weighted by Gasteiger charge is -2.35. The molecule has 0 aromatic heterocycles. The lowest BCUT2D eigenvalue weighted by molar-refractivity contribution is -0.910. The maximum Gasteiger partial charge on any atom is 0.124 e. The van der Waals surface area contributed by atoms with E-state index in [1.54, 1.807) is 12.1 Å². The Morgan fingerprint density at radius 3 is 1.72 bits per heavy atom. The molecule has 0 saturated carbocycles. The fourth-order valence-electron chi connectivity index (χ4n) is 3.31. The summed E-state index contributed by atoms with van der Waals surface area (Å²) in [4.78, 5) is -0.178. The zero-order valence-corrected chi connectivity index (χ0v) is 19.8. The van der Waals surface area contributed by atoms with Crippen LogP contribution in [-0.2, 0) is 10.1 Å². The van der Waals surface area contributed by atoms with Crippen molar-refractivity contribution in [2.75, 3.05) is 33.3 Å². The van der Waals surface area contributed by atoms with E-state index >= 15 is 0 Å². The summed E-state index contributed by atoms with van der Waals surface area (Å²) in [6.07, 6.45) is 11.6. The van der Waals surface area contributed by atoms with Crippen LogP contribution in [0.4, 0.5) is 0 Å².